The Labute approximate surface area is 221 Å². The van der Waals surface area contributed by atoms with Gasteiger partial charge in [0.15, 0.2) is 5.13 Å². The molecule has 2 fully saturated rings. The number of phenols is 1. The molecule has 2 aromatic rings. The van der Waals surface area contributed by atoms with Crippen molar-refractivity contribution in [2.24, 2.45) is 23.2 Å². The number of amides is 1. The van der Waals surface area contributed by atoms with Crippen LogP contribution in [-0.4, -0.2) is 22.3 Å². The van der Waals surface area contributed by atoms with E-state index in [1.807, 2.05) is 27.7 Å². The molecule has 2 N–H and O–H groups in total. The SMILES string of the molecule is CC.CCCC1CC(=O)C2(C)CCC3c4cc(C)c(O)c(C)c4CCC3C12.Cc1cnc(NC=O)s1. The molecule has 6 heteroatoms. The first-order chi connectivity index (χ1) is 17.2. The third-order valence-corrected chi connectivity index (χ3v) is 9.62. The van der Waals surface area contributed by atoms with Crippen molar-refractivity contribution in [2.45, 2.75) is 99.3 Å². The van der Waals surface area contributed by atoms with Gasteiger partial charge in [0.25, 0.3) is 0 Å². The molecular formula is C30H44N2O3S. The second kappa shape index (κ2) is 11.9. The summed E-state index contributed by atoms with van der Waals surface area (Å²) >= 11 is 1.46. The van der Waals surface area contributed by atoms with E-state index >= 15 is 0 Å². The van der Waals surface area contributed by atoms with E-state index < -0.39 is 0 Å². The zero-order valence-electron chi connectivity index (χ0n) is 23.1. The number of nitrogens with one attached hydrogen (secondary N) is 1. The number of aromatic nitrogens is 1. The van der Waals surface area contributed by atoms with Crippen LogP contribution in [0.5, 0.6) is 5.75 Å². The average Bonchev–Trinajstić information content (AvgIpc) is 3.39. The van der Waals surface area contributed by atoms with Crippen molar-refractivity contribution in [3.05, 3.63) is 39.4 Å². The number of nitrogens with zero attached hydrogens (tertiary/aromatic N) is 1. The maximum atomic E-state index is 12.9. The zero-order valence-corrected chi connectivity index (χ0v) is 23.9. The highest BCUT2D eigenvalue weighted by Gasteiger charge is 2.58. The Morgan fingerprint density at radius 2 is 1.97 bits per heavy atom. The van der Waals surface area contributed by atoms with Crippen LogP contribution < -0.4 is 5.32 Å². The topological polar surface area (TPSA) is 79.3 Å². The fourth-order valence-electron chi connectivity index (χ4n) is 7.26. The smallest absolute Gasteiger partial charge is 0.213 e. The molecule has 0 bridgehead atoms. The molecule has 1 aromatic carbocycles. The molecular weight excluding hydrogens is 468 g/mol. The Kier molecular flexibility index (Phi) is 9.37. The number of carbonyl (C=O) groups is 2. The van der Waals surface area contributed by atoms with Crippen LogP contribution in [0, 0.1) is 43.9 Å². The van der Waals surface area contributed by atoms with Crippen molar-refractivity contribution in [3.8, 4) is 5.75 Å². The number of aryl methyl sites for hydroxylation is 2. The van der Waals surface area contributed by atoms with Crippen molar-refractivity contribution in [1.29, 1.82) is 0 Å². The number of aromatic hydroxyl groups is 1. The molecule has 0 aliphatic heterocycles. The fraction of sp³-hybridized carbons (Fsp3) is 0.633. The number of hydrogen-bond donors (Lipinski definition) is 2. The van der Waals surface area contributed by atoms with Crippen molar-refractivity contribution in [2.75, 3.05) is 5.32 Å². The van der Waals surface area contributed by atoms with Crippen LogP contribution >= 0.6 is 11.3 Å². The second-order valence-electron chi connectivity index (χ2n) is 10.7. The third-order valence-electron chi connectivity index (χ3n) is 8.77. The molecule has 0 spiro atoms. The molecule has 5 atom stereocenters. The number of benzene rings is 1. The Morgan fingerprint density at radius 3 is 2.58 bits per heavy atom. The van der Waals surface area contributed by atoms with E-state index in [1.165, 1.54) is 41.7 Å². The van der Waals surface area contributed by atoms with Gasteiger partial charge < -0.3 is 10.4 Å². The molecule has 1 amide bonds. The van der Waals surface area contributed by atoms with E-state index in [0.717, 1.165) is 41.7 Å². The normalized spacial score (nSPS) is 27.9. The van der Waals surface area contributed by atoms with Crippen LogP contribution in [0.15, 0.2) is 12.3 Å². The predicted molar refractivity (Wildman–Crippen MR) is 149 cm³/mol. The van der Waals surface area contributed by atoms with Crippen LogP contribution in [0.1, 0.15) is 99.3 Å². The van der Waals surface area contributed by atoms with Gasteiger partial charge in [0.05, 0.1) is 0 Å². The lowest BCUT2D eigenvalue weighted by molar-refractivity contribution is -0.129. The van der Waals surface area contributed by atoms with Gasteiger partial charge in [-0.25, -0.2) is 4.98 Å². The van der Waals surface area contributed by atoms with E-state index in [9.17, 15) is 14.7 Å². The van der Waals surface area contributed by atoms with Crippen LogP contribution in [0.4, 0.5) is 5.13 Å². The standard InChI is InChI=1S/C23H32O2.C5H6N2OS.C2H6/c1-5-6-15-12-20(24)23(4)10-9-17-18(21(15)23)8-7-16-14(3)22(25)13(2)11-19(16)17;1-4-2-6-5(9-4)7-3-8;1-2/h11,15,17-18,21,25H,5-10,12H2,1-4H3;2-3H,1H3,(H,6,7,8);1-2H3. The molecule has 0 saturated heterocycles. The largest absolute Gasteiger partial charge is 0.507 e. The third kappa shape index (κ3) is 5.25. The minimum absolute atomic E-state index is 0.0699. The summed E-state index contributed by atoms with van der Waals surface area (Å²) in [5.74, 6) is 3.43. The number of thiazole rings is 1. The van der Waals surface area contributed by atoms with Gasteiger partial charge in [0, 0.05) is 22.9 Å². The second-order valence-corrected chi connectivity index (χ2v) is 12.0. The first-order valence-electron chi connectivity index (χ1n) is 13.7. The van der Waals surface area contributed by atoms with Crippen molar-refractivity contribution < 1.29 is 14.7 Å². The van der Waals surface area contributed by atoms with Crippen LogP contribution in [-0.2, 0) is 16.0 Å². The van der Waals surface area contributed by atoms with Gasteiger partial charge >= 0.3 is 0 Å². The van der Waals surface area contributed by atoms with Gasteiger partial charge in [-0.15, -0.1) is 11.3 Å². The minimum atomic E-state index is -0.0699. The number of ketones is 1. The minimum Gasteiger partial charge on any atom is -0.507 e. The molecule has 1 aromatic heterocycles. The quantitative estimate of drug-likeness (QED) is 0.416. The Balaban J connectivity index is 0.000000276. The summed E-state index contributed by atoms with van der Waals surface area (Å²) in [5, 5.41) is 13.5. The molecule has 5 rings (SSSR count). The van der Waals surface area contributed by atoms with Gasteiger partial charge in [0.1, 0.15) is 11.5 Å². The lowest BCUT2D eigenvalue weighted by atomic mass is 9.53. The van der Waals surface area contributed by atoms with E-state index in [4.69, 9.17) is 0 Å². The lowest BCUT2D eigenvalue weighted by Gasteiger charge is -2.50. The van der Waals surface area contributed by atoms with Crippen LogP contribution in [0.3, 0.4) is 0 Å². The molecule has 1 heterocycles. The highest BCUT2D eigenvalue weighted by Crippen LogP contribution is 2.62. The Morgan fingerprint density at radius 1 is 1.25 bits per heavy atom. The number of anilines is 1. The van der Waals surface area contributed by atoms with Crippen LogP contribution in [0.2, 0.25) is 0 Å². The maximum Gasteiger partial charge on any atom is 0.213 e. The number of phenolic OH excluding ortho intramolecular Hbond substituents is 1. The summed E-state index contributed by atoms with van der Waals surface area (Å²) in [6.07, 6.45) is 9.99. The average molecular weight is 513 g/mol. The van der Waals surface area contributed by atoms with Gasteiger partial charge in [-0.2, -0.15) is 0 Å². The number of hydrogen-bond acceptors (Lipinski definition) is 5. The maximum absolute atomic E-state index is 12.9. The highest BCUT2D eigenvalue weighted by molar-refractivity contribution is 7.15. The first kappa shape index (κ1) is 28.4. The number of rotatable bonds is 4. The van der Waals surface area contributed by atoms with Crippen molar-refractivity contribution >= 4 is 28.7 Å². The fourth-order valence-corrected chi connectivity index (χ4v) is 7.88. The summed E-state index contributed by atoms with van der Waals surface area (Å²) in [4.78, 5) is 27.7. The summed E-state index contributed by atoms with van der Waals surface area (Å²) < 4.78 is 0. The first-order valence-corrected chi connectivity index (χ1v) is 14.5. The van der Waals surface area contributed by atoms with Crippen LogP contribution in [0.25, 0.3) is 0 Å². The molecule has 5 nitrogen and oxygen atoms in total. The molecule has 0 radical (unpaired) electrons. The molecule has 36 heavy (non-hydrogen) atoms. The summed E-state index contributed by atoms with van der Waals surface area (Å²) in [6.45, 7) is 14.6. The Bertz CT molecular complexity index is 1080. The van der Waals surface area contributed by atoms with Gasteiger partial charge in [0.2, 0.25) is 6.41 Å². The van der Waals surface area contributed by atoms with Gasteiger partial charge in [-0.05, 0) is 98.8 Å². The van der Waals surface area contributed by atoms with Gasteiger partial charge in [-0.3, -0.25) is 9.59 Å². The van der Waals surface area contributed by atoms with E-state index in [0.29, 0.717) is 46.7 Å². The predicted octanol–water partition coefficient (Wildman–Crippen LogP) is 7.51. The van der Waals surface area contributed by atoms with E-state index in [-0.39, 0.29) is 5.41 Å². The summed E-state index contributed by atoms with van der Waals surface area (Å²) in [7, 11) is 0. The van der Waals surface area contributed by atoms with Gasteiger partial charge in [-0.1, -0.05) is 40.2 Å². The zero-order chi connectivity index (χ0) is 26.6. The number of Topliss-reactive ketones (excluding diaryl/α,β-unsaturated/α-hetero) is 1. The molecule has 2 saturated carbocycles. The van der Waals surface area contributed by atoms with E-state index in [1.54, 1.807) is 6.20 Å². The number of fused-ring (bicyclic) bond motifs is 5. The molecule has 3 aliphatic carbocycles. The summed E-state index contributed by atoms with van der Waals surface area (Å²) in [6, 6.07) is 2.25. The number of carbonyl (C=O) groups excluding carboxylic acids is 2. The Hall–Kier alpha value is -2.21. The van der Waals surface area contributed by atoms with Crippen molar-refractivity contribution in [3.63, 3.8) is 0 Å². The monoisotopic (exact) mass is 512 g/mol. The summed E-state index contributed by atoms with van der Waals surface area (Å²) in [5.41, 5.74) is 4.91. The molecule has 3 aliphatic rings. The van der Waals surface area contributed by atoms with E-state index in [2.05, 4.69) is 37.1 Å². The highest BCUT2D eigenvalue weighted by atomic mass is 32.1. The lowest BCUT2D eigenvalue weighted by Crippen LogP contribution is -2.44. The van der Waals surface area contributed by atoms with Crippen molar-refractivity contribution in [1.82, 2.24) is 4.98 Å². The molecule has 198 valence electrons. The molecule has 5 unspecified atom stereocenters.